The minimum Gasteiger partial charge on any atom is -0.340 e. The van der Waals surface area contributed by atoms with Crippen LogP contribution in [0.25, 0.3) is 0 Å². The molecule has 1 amide bonds. The predicted molar refractivity (Wildman–Crippen MR) is 109 cm³/mol. The number of amides is 1. The van der Waals surface area contributed by atoms with E-state index in [9.17, 15) is 13.2 Å². The second-order valence-corrected chi connectivity index (χ2v) is 9.05. The number of carbonyl (C=O) groups excluding carboxylic acids is 1. The van der Waals surface area contributed by atoms with Crippen LogP contribution in [0.5, 0.6) is 0 Å². The lowest BCUT2D eigenvalue weighted by molar-refractivity contribution is -0.136. The van der Waals surface area contributed by atoms with Crippen molar-refractivity contribution in [2.24, 2.45) is 0 Å². The van der Waals surface area contributed by atoms with E-state index < -0.39 is 10.0 Å². The fourth-order valence-corrected chi connectivity index (χ4v) is 4.93. The molecule has 1 atom stereocenters. The zero-order valence-corrected chi connectivity index (χ0v) is 17.2. The molecule has 2 aromatic carbocycles. The number of carbonyl (C=O) groups is 1. The van der Waals surface area contributed by atoms with Gasteiger partial charge in [-0.15, -0.1) is 0 Å². The molecule has 0 spiro atoms. The molecule has 0 saturated carbocycles. The molecule has 1 saturated heterocycles. The molecule has 0 N–H and O–H groups in total. The number of nitrogens with zero attached hydrogens (tertiary/aromatic N) is 3. The molecule has 6 nitrogen and oxygen atoms in total. The van der Waals surface area contributed by atoms with E-state index in [1.165, 1.54) is 4.31 Å². The lowest BCUT2D eigenvalue weighted by Gasteiger charge is -2.37. The van der Waals surface area contributed by atoms with Gasteiger partial charge in [0.25, 0.3) is 0 Å². The van der Waals surface area contributed by atoms with Crippen molar-refractivity contribution in [2.45, 2.75) is 24.4 Å². The van der Waals surface area contributed by atoms with Crippen LogP contribution in [0.15, 0.2) is 65.6 Å². The Labute approximate surface area is 167 Å². The number of benzene rings is 2. The lowest BCUT2D eigenvalue weighted by Crippen LogP contribution is -2.54. The predicted octanol–water partition coefficient (Wildman–Crippen LogP) is 2.04. The van der Waals surface area contributed by atoms with Crippen molar-refractivity contribution in [3.8, 4) is 0 Å². The Morgan fingerprint density at radius 3 is 2.07 bits per heavy atom. The van der Waals surface area contributed by atoms with Gasteiger partial charge >= 0.3 is 0 Å². The van der Waals surface area contributed by atoms with Crippen molar-refractivity contribution in [3.63, 3.8) is 0 Å². The SMILES string of the molecule is C[C@H](C(=O)N(C)Cc1ccccc1)N1CCN(S(=O)(=O)c2ccccc2)CC1. The Bertz CT molecular complexity index is 880. The fourth-order valence-electron chi connectivity index (χ4n) is 3.48. The number of hydrogen-bond acceptors (Lipinski definition) is 4. The maximum Gasteiger partial charge on any atom is 0.243 e. The van der Waals surface area contributed by atoms with E-state index >= 15 is 0 Å². The summed E-state index contributed by atoms with van der Waals surface area (Å²) in [7, 11) is -1.67. The summed E-state index contributed by atoms with van der Waals surface area (Å²) in [6.07, 6.45) is 0. The van der Waals surface area contributed by atoms with Crippen molar-refractivity contribution in [3.05, 3.63) is 66.2 Å². The number of piperazine rings is 1. The molecule has 150 valence electrons. The Morgan fingerprint density at radius 2 is 1.50 bits per heavy atom. The maximum atomic E-state index is 12.8. The first kappa shape index (κ1) is 20.5. The van der Waals surface area contributed by atoms with Gasteiger partial charge in [0.15, 0.2) is 0 Å². The van der Waals surface area contributed by atoms with Crippen molar-refractivity contribution < 1.29 is 13.2 Å². The third-order valence-electron chi connectivity index (χ3n) is 5.20. The molecule has 1 aliphatic heterocycles. The van der Waals surface area contributed by atoms with Crippen LogP contribution in [0, 0.1) is 0 Å². The molecular formula is C21H27N3O3S. The molecule has 1 fully saturated rings. The highest BCUT2D eigenvalue weighted by Crippen LogP contribution is 2.18. The van der Waals surface area contributed by atoms with Crippen LogP contribution in [-0.2, 0) is 21.4 Å². The van der Waals surface area contributed by atoms with E-state index in [2.05, 4.69) is 4.90 Å². The van der Waals surface area contributed by atoms with Crippen LogP contribution in [0.2, 0.25) is 0 Å². The molecule has 28 heavy (non-hydrogen) atoms. The van der Waals surface area contributed by atoms with Gasteiger partial charge in [-0.2, -0.15) is 4.31 Å². The van der Waals surface area contributed by atoms with Crippen LogP contribution in [0.3, 0.4) is 0 Å². The maximum absolute atomic E-state index is 12.8. The number of sulfonamides is 1. The zero-order chi connectivity index (χ0) is 20.1. The largest absolute Gasteiger partial charge is 0.340 e. The molecule has 1 aliphatic rings. The highest BCUT2D eigenvalue weighted by atomic mass is 32.2. The molecule has 0 bridgehead atoms. The summed E-state index contributed by atoms with van der Waals surface area (Å²) in [5, 5.41) is 0. The summed E-state index contributed by atoms with van der Waals surface area (Å²) in [5.74, 6) is 0.0446. The highest BCUT2D eigenvalue weighted by molar-refractivity contribution is 7.89. The molecule has 3 rings (SSSR count). The van der Waals surface area contributed by atoms with E-state index in [0.717, 1.165) is 5.56 Å². The number of likely N-dealkylation sites (N-methyl/N-ethyl adjacent to an activating group) is 1. The first-order valence-corrected chi connectivity index (χ1v) is 10.9. The zero-order valence-electron chi connectivity index (χ0n) is 16.4. The molecular weight excluding hydrogens is 374 g/mol. The van der Waals surface area contributed by atoms with Gasteiger partial charge in [0.05, 0.1) is 10.9 Å². The van der Waals surface area contributed by atoms with E-state index in [-0.39, 0.29) is 11.9 Å². The summed E-state index contributed by atoms with van der Waals surface area (Å²) in [6, 6.07) is 18.1. The minimum atomic E-state index is -3.48. The summed E-state index contributed by atoms with van der Waals surface area (Å²) in [5.41, 5.74) is 1.09. The Morgan fingerprint density at radius 1 is 0.964 bits per heavy atom. The van der Waals surface area contributed by atoms with Gasteiger partial charge in [0, 0.05) is 39.8 Å². The average molecular weight is 402 g/mol. The van der Waals surface area contributed by atoms with E-state index in [1.54, 1.807) is 35.2 Å². The quantitative estimate of drug-likeness (QED) is 0.743. The first-order valence-electron chi connectivity index (χ1n) is 9.48. The van der Waals surface area contributed by atoms with Crippen LogP contribution >= 0.6 is 0 Å². The van der Waals surface area contributed by atoms with Gasteiger partial charge in [0.1, 0.15) is 0 Å². The number of hydrogen-bond donors (Lipinski definition) is 0. The van der Waals surface area contributed by atoms with Crippen molar-refractivity contribution >= 4 is 15.9 Å². The van der Waals surface area contributed by atoms with E-state index in [0.29, 0.717) is 37.6 Å². The van der Waals surface area contributed by atoms with Crippen molar-refractivity contribution in [1.82, 2.24) is 14.1 Å². The molecule has 0 radical (unpaired) electrons. The summed E-state index contributed by atoms with van der Waals surface area (Å²) in [6.45, 7) is 4.31. The average Bonchev–Trinajstić information content (AvgIpc) is 2.74. The minimum absolute atomic E-state index is 0.0446. The topological polar surface area (TPSA) is 60.9 Å². The summed E-state index contributed by atoms with van der Waals surface area (Å²) >= 11 is 0. The van der Waals surface area contributed by atoms with Gasteiger partial charge in [-0.3, -0.25) is 9.69 Å². The molecule has 0 unspecified atom stereocenters. The van der Waals surface area contributed by atoms with Crippen LogP contribution in [0.1, 0.15) is 12.5 Å². The van der Waals surface area contributed by atoms with Crippen LogP contribution in [0.4, 0.5) is 0 Å². The van der Waals surface area contributed by atoms with Crippen LogP contribution in [-0.4, -0.2) is 67.7 Å². The fraction of sp³-hybridized carbons (Fsp3) is 0.381. The Balaban J connectivity index is 1.57. The third kappa shape index (κ3) is 4.60. The first-order chi connectivity index (χ1) is 13.4. The second kappa shape index (κ2) is 8.86. The molecule has 1 heterocycles. The van der Waals surface area contributed by atoms with Gasteiger partial charge in [-0.05, 0) is 24.6 Å². The summed E-state index contributed by atoms with van der Waals surface area (Å²) in [4.78, 5) is 16.9. The standard InChI is InChI=1S/C21H27N3O3S/c1-18(21(25)22(2)17-19-9-5-3-6-10-19)23-13-15-24(16-14-23)28(26,27)20-11-7-4-8-12-20/h3-12,18H,13-17H2,1-2H3/t18-/m1/s1. The van der Waals surface area contributed by atoms with E-state index in [1.807, 2.05) is 44.3 Å². The van der Waals surface area contributed by atoms with Gasteiger partial charge in [-0.25, -0.2) is 8.42 Å². The van der Waals surface area contributed by atoms with Crippen molar-refractivity contribution in [2.75, 3.05) is 33.2 Å². The van der Waals surface area contributed by atoms with Crippen LogP contribution < -0.4 is 0 Å². The molecule has 0 aromatic heterocycles. The normalized spacial score (nSPS) is 17.2. The Hall–Kier alpha value is -2.22. The van der Waals surface area contributed by atoms with E-state index in [4.69, 9.17) is 0 Å². The van der Waals surface area contributed by atoms with Gasteiger partial charge in [0.2, 0.25) is 15.9 Å². The highest BCUT2D eigenvalue weighted by Gasteiger charge is 2.32. The summed E-state index contributed by atoms with van der Waals surface area (Å²) < 4.78 is 27.0. The Kier molecular flexibility index (Phi) is 6.49. The smallest absolute Gasteiger partial charge is 0.243 e. The van der Waals surface area contributed by atoms with Crippen molar-refractivity contribution in [1.29, 1.82) is 0 Å². The molecule has 0 aliphatic carbocycles. The molecule has 2 aromatic rings. The second-order valence-electron chi connectivity index (χ2n) is 7.11. The third-order valence-corrected chi connectivity index (χ3v) is 7.11. The van der Waals surface area contributed by atoms with Gasteiger partial charge < -0.3 is 4.90 Å². The number of rotatable bonds is 6. The molecule has 7 heteroatoms. The lowest BCUT2D eigenvalue weighted by atomic mass is 10.2. The van der Waals surface area contributed by atoms with Gasteiger partial charge in [-0.1, -0.05) is 48.5 Å². The monoisotopic (exact) mass is 401 g/mol.